The molecule has 20 heavy (non-hydrogen) atoms. The van der Waals surface area contributed by atoms with Crippen LogP contribution in [-0.2, 0) is 0 Å². The Kier molecular flexibility index (Phi) is 3.99. The lowest BCUT2D eigenvalue weighted by Gasteiger charge is -2.12. The van der Waals surface area contributed by atoms with Crippen molar-refractivity contribution < 1.29 is 9.13 Å². The fraction of sp³-hybridized carbons (Fsp3) is 0.154. The first-order valence-corrected chi connectivity index (χ1v) is 6.50. The van der Waals surface area contributed by atoms with E-state index < -0.39 is 5.82 Å². The van der Waals surface area contributed by atoms with Crippen molar-refractivity contribution in [2.75, 3.05) is 0 Å². The molecule has 5 nitrogen and oxygen atoms in total. The van der Waals surface area contributed by atoms with Gasteiger partial charge in [0.25, 0.3) is 0 Å². The predicted octanol–water partition coefficient (Wildman–Crippen LogP) is 3.07. The van der Waals surface area contributed by atoms with E-state index in [9.17, 15) is 4.39 Å². The van der Waals surface area contributed by atoms with Gasteiger partial charge < -0.3 is 10.5 Å². The smallest absolute Gasteiger partial charge is 0.250 e. The number of nitrogen functional groups attached to an aromatic ring is 1. The van der Waals surface area contributed by atoms with Gasteiger partial charge in [-0.3, -0.25) is 5.41 Å². The summed E-state index contributed by atoms with van der Waals surface area (Å²) >= 11 is 3.23. The van der Waals surface area contributed by atoms with E-state index in [1.165, 1.54) is 12.1 Å². The van der Waals surface area contributed by atoms with E-state index in [4.69, 9.17) is 15.9 Å². The molecule has 0 atom stereocenters. The third-order valence-electron chi connectivity index (χ3n) is 2.79. The molecule has 0 fully saturated rings. The molecule has 0 aliphatic rings. The fourth-order valence-electron chi connectivity index (χ4n) is 1.63. The predicted molar refractivity (Wildman–Crippen MR) is 76.7 cm³/mol. The highest BCUT2D eigenvalue weighted by molar-refractivity contribution is 9.10. The average molecular weight is 339 g/mol. The van der Waals surface area contributed by atoms with Crippen molar-refractivity contribution in [3.05, 3.63) is 45.3 Å². The Labute approximate surface area is 123 Å². The molecule has 2 rings (SSSR count). The van der Waals surface area contributed by atoms with Crippen LogP contribution in [0.2, 0.25) is 0 Å². The number of aromatic nitrogens is 2. The van der Waals surface area contributed by atoms with Crippen LogP contribution >= 0.6 is 15.9 Å². The van der Waals surface area contributed by atoms with E-state index in [0.29, 0.717) is 21.3 Å². The highest BCUT2D eigenvalue weighted by atomic mass is 79.9. The summed E-state index contributed by atoms with van der Waals surface area (Å²) in [5, 5.41) is 15.4. The number of rotatable bonds is 3. The molecule has 0 saturated heterocycles. The lowest BCUT2D eigenvalue weighted by Crippen LogP contribution is -2.16. The number of amidine groups is 1. The first-order chi connectivity index (χ1) is 9.40. The Balaban J connectivity index is 2.51. The van der Waals surface area contributed by atoms with Gasteiger partial charge in [0.15, 0.2) is 11.6 Å². The molecule has 1 heterocycles. The summed E-state index contributed by atoms with van der Waals surface area (Å²) in [5.74, 6) is -0.745. The third kappa shape index (κ3) is 2.77. The van der Waals surface area contributed by atoms with E-state index in [1.54, 1.807) is 19.9 Å². The monoisotopic (exact) mass is 338 g/mol. The standard InChI is InChI=1S/C13H12BrFN4O/c1-6-7(2)18-19-13(11(6)12(16)17)20-10-5-8(14)3-4-9(10)15/h3-5H,1-2H3,(H3,16,17). The van der Waals surface area contributed by atoms with Crippen molar-refractivity contribution in [1.29, 1.82) is 5.41 Å². The molecule has 0 bridgehead atoms. The zero-order valence-electron chi connectivity index (χ0n) is 10.9. The van der Waals surface area contributed by atoms with Crippen molar-refractivity contribution in [1.82, 2.24) is 10.2 Å². The normalized spacial score (nSPS) is 10.4. The molecule has 2 aromatic rings. The minimum atomic E-state index is -0.539. The second kappa shape index (κ2) is 5.54. The van der Waals surface area contributed by atoms with Crippen LogP contribution in [0.5, 0.6) is 11.6 Å². The van der Waals surface area contributed by atoms with Gasteiger partial charge in [-0.05, 0) is 37.6 Å². The van der Waals surface area contributed by atoms with Crippen LogP contribution in [0.15, 0.2) is 22.7 Å². The first kappa shape index (κ1) is 14.4. The van der Waals surface area contributed by atoms with Crippen molar-refractivity contribution in [2.45, 2.75) is 13.8 Å². The molecular weight excluding hydrogens is 327 g/mol. The van der Waals surface area contributed by atoms with Crippen LogP contribution in [0, 0.1) is 25.1 Å². The van der Waals surface area contributed by atoms with Crippen LogP contribution in [0.4, 0.5) is 4.39 Å². The molecule has 7 heteroatoms. The Hall–Kier alpha value is -2.02. The van der Waals surface area contributed by atoms with Crippen LogP contribution < -0.4 is 10.5 Å². The van der Waals surface area contributed by atoms with E-state index in [-0.39, 0.29) is 17.5 Å². The molecule has 0 aliphatic heterocycles. The van der Waals surface area contributed by atoms with Crippen LogP contribution in [0.3, 0.4) is 0 Å². The third-order valence-corrected chi connectivity index (χ3v) is 3.28. The molecule has 3 N–H and O–H groups in total. The summed E-state index contributed by atoms with van der Waals surface area (Å²) < 4.78 is 19.8. The Bertz CT molecular complexity index is 690. The zero-order valence-corrected chi connectivity index (χ0v) is 12.5. The highest BCUT2D eigenvalue weighted by Crippen LogP contribution is 2.29. The number of hydrogen-bond acceptors (Lipinski definition) is 4. The number of aryl methyl sites for hydroxylation is 1. The Morgan fingerprint density at radius 3 is 2.70 bits per heavy atom. The second-order valence-corrected chi connectivity index (χ2v) is 5.10. The van der Waals surface area contributed by atoms with Gasteiger partial charge in [0.1, 0.15) is 5.84 Å². The quantitative estimate of drug-likeness (QED) is 0.665. The lowest BCUT2D eigenvalue weighted by atomic mass is 10.1. The number of nitrogens with two attached hydrogens (primary N) is 1. The van der Waals surface area contributed by atoms with Gasteiger partial charge >= 0.3 is 0 Å². The minimum Gasteiger partial charge on any atom is -0.434 e. The number of nitrogens with one attached hydrogen (secondary N) is 1. The zero-order chi connectivity index (χ0) is 14.9. The van der Waals surface area contributed by atoms with Gasteiger partial charge in [-0.1, -0.05) is 15.9 Å². The maximum Gasteiger partial charge on any atom is 0.250 e. The van der Waals surface area contributed by atoms with E-state index >= 15 is 0 Å². The van der Waals surface area contributed by atoms with E-state index in [2.05, 4.69) is 26.1 Å². The molecule has 1 aromatic carbocycles. The molecule has 0 saturated carbocycles. The number of halogens is 2. The number of nitrogens with zero attached hydrogens (tertiary/aromatic N) is 2. The van der Waals surface area contributed by atoms with Gasteiger partial charge in [-0.25, -0.2) is 4.39 Å². The number of benzene rings is 1. The molecule has 0 aliphatic carbocycles. The molecular formula is C13H12BrFN4O. The van der Waals surface area contributed by atoms with Crippen molar-refractivity contribution >= 4 is 21.8 Å². The number of ether oxygens (including phenoxy) is 1. The van der Waals surface area contributed by atoms with Crippen molar-refractivity contribution in [2.24, 2.45) is 5.73 Å². The van der Waals surface area contributed by atoms with Crippen LogP contribution in [-0.4, -0.2) is 16.0 Å². The molecule has 1 aromatic heterocycles. The van der Waals surface area contributed by atoms with Crippen molar-refractivity contribution in [3.63, 3.8) is 0 Å². The summed E-state index contributed by atoms with van der Waals surface area (Å²) in [5.41, 5.74) is 7.17. The summed E-state index contributed by atoms with van der Waals surface area (Å²) in [6.45, 7) is 3.50. The van der Waals surface area contributed by atoms with Crippen LogP contribution in [0.25, 0.3) is 0 Å². The molecule has 104 valence electrons. The Morgan fingerprint density at radius 2 is 2.05 bits per heavy atom. The molecule has 0 spiro atoms. The van der Waals surface area contributed by atoms with Gasteiger partial charge in [0.05, 0.1) is 11.3 Å². The SMILES string of the molecule is Cc1nnc(Oc2cc(Br)ccc2F)c(C(=N)N)c1C. The second-order valence-electron chi connectivity index (χ2n) is 4.18. The average Bonchev–Trinajstić information content (AvgIpc) is 2.38. The van der Waals surface area contributed by atoms with Gasteiger partial charge in [-0.2, -0.15) is 5.10 Å². The summed E-state index contributed by atoms with van der Waals surface area (Å²) in [4.78, 5) is 0. The summed E-state index contributed by atoms with van der Waals surface area (Å²) in [7, 11) is 0. The van der Waals surface area contributed by atoms with Gasteiger partial charge in [-0.15, -0.1) is 5.10 Å². The summed E-state index contributed by atoms with van der Waals surface area (Å²) in [6.07, 6.45) is 0. The first-order valence-electron chi connectivity index (χ1n) is 5.71. The fourth-order valence-corrected chi connectivity index (χ4v) is 1.98. The largest absolute Gasteiger partial charge is 0.434 e. The maximum atomic E-state index is 13.7. The van der Waals surface area contributed by atoms with Gasteiger partial charge in [0, 0.05) is 4.47 Å². The van der Waals surface area contributed by atoms with E-state index in [1.807, 2.05) is 0 Å². The lowest BCUT2D eigenvalue weighted by molar-refractivity contribution is 0.419. The number of hydrogen-bond donors (Lipinski definition) is 2. The highest BCUT2D eigenvalue weighted by Gasteiger charge is 2.17. The molecule has 0 radical (unpaired) electrons. The Morgan fingerprint density at radius 1 is 1.35 bits per heavy atom. The molecule has 0 amide bonds. The topological polar surface area (TPSA) is 84.9 Å². The molecule has 0 unspecified atom stereocenters. The van der Waals surface area contributed by atoms with Gasteiger partial charge in [0.2, 0.25) is 5.88 Å². The summed E-state index contributed by atoms with van der Waals surface area (Å²) in [6, 6.07) is 4.29. The van der Waals surface area contributed by atoms with Crippen LogP contribution in [0.1, 0.15) is 16.8 Å². The maximum absolute atomic E-state index is 13.7. The van der Waals surface area contributed by atoms with E-state index in [0.717, 1.165) is 0 Å². The minimum absolute atomic E-state index is 0.0117. The van der Waals surface area contributed by atoms with Crippen molar-refractivity contribution in [3.8, 4) is 11.6 Å².